The molecule has 0 bridgehead atoms. The van der Waals surface area contributed by atoms with Crippen molar-refractivity contribution in [2.45, 2.75) is 24.2 Å². The van der Waals surface area contributed by atoms with Crippen LogP contribution in [-0.4, -0.2) is 114 Å². The van der Waals surface area contributed by atoms with Gasteiger partial charge in [-0.15, -0.1) is 0 Å². The molecule has 2 heterocycles. The SMILES string of the molecule is COC(=O)c1ccc(CBr)cc1.COC(=O)c1ccc(CN(C(=O)N2CCS(=O)(=O)CC2)c2ccccc2C(F)(F)F)cc1.O=C(Nc1ccccc1C(F)(F)F)N1CCS(=O)(=O)CC1. The van der Waals surface area contributed by atoms with Crippen LogP contribution in [0.2, 0.25) is 0 Å². The molecular weight excluding hydrogens is 979 g/mol. The van der Waals surface area contributed by atoms with Gasteiger partial charge >= 0.3 is 36.4 Å². The van der Waals surface area contributed by atoms with Crippen LogP contribution >= 0.6 is 15.9 Å². The highest BCUT2D eigenvalue weighted by molar-refractivity contribution is 9.08. The van der Waals surface area contributed by atoms with Gasteiger partial charge in [-0.05, 0) is 59.7 Å². The second-order valence-electron chi connectivity index (χ2n) is 14.1. The number of amides is 4. The van der Waals surface area contributed by atoms with E-state index in [-0.39, 0.29) is 78.6 Å². The van der Waals surface area contributed by atoms with Gasteiger partial charge < -0.3 is 24.6 Å². The molecule has 0 aliphatic carbocycles. The fourth-order valence-electron chi connectivity index (χ4n) is 6.12. The molecule has 0 radical (unpaired) electrons. The maximum atomic E-state index is 13.7. The zero-order chi connectivity index (χ0) is 48.2. The number of halogens is 7. The van der Waals surface area contributed by atoms with Gasteiger partial charge in [0, 0.05) is 31.5 Å². The molecule has 14 nitrogen and oxygen atoms in total. The fraction of sp³-hybridized carbons (Fsp3) is 0.333. The van der Waals surface area contributed by atoms with Crippen LogP contribution in [-0.2, 0) is 53.4 Å². The number of urea groups is 2. The Morgan fingerprint density at radius 3 is 1.48 bits per heavy atom. The Morgan fingerprint density at radius 1 is 0.615 bits per heavy atom. The maximum absolute atomic E-state index is 13.7. The number of hydrogen-bond donors (Lipinski definition) is 1. The molecule has 1 N–H and O–H groups in total. The lowest BCUT2D eigenvalue weighted by Gasteiger charge is -2.34. The summed E-state index contributed by atoms with van der Waals surface area (Å²) in [6.45, 7) is -0.471. The molecule has 0 atom stereocenters. The van der Waals surface area contributed by atoms with Gasteiger partial charge in [0.15, 0.2) is 19.7 Å². The van der Waals surface area contributed by atoms with Crippen molar-refractivity contribution >= 4 is 71.0 Å². The number of methoxy groups -OCH3 is 2. The molecular formula is C42H43BrF6N4O10S2. The van der Waals surface area contributed by atoms with E-state index in [0.717, 1.165) is 34.0 Å². The fourth-order valence-corrected chi connectivity index (χ4v) is 8.90. The number of nitrogens with one attached hydrogen (secondary N) is 1. The first kappa shape index (κ1) is 51.9. The van der Waals surface area contributed by atoms with Gasteiger partial charge in [0.25, 0.3) is 0 Å². The van der Waals surface area contributed by atoms with Crippen molar-refractivity contribution in [1.82, 2.24) is 9.80 Å². The third kappa shape index (κ3) is 15.2. The minimum absolute atomic E-state index is 0.0254. The van der Waals surface area contributed by atoms with Gasteiger partial charge in [0.05, 0.1) is 77.4 Å². The van der Waals surface area contributed by atoms with Crippen molar-refractivity contribution < 1.29 is 71.8 Å². The van der Waals surface area contributed by atoms with E-state index >= 15 is 0 Å². The Labute approximate surface area is 379 Å². The Morgan fingerprint density at radius 2 is 1.03 bits per heavy atom. The minimum atomic E-state index is -4.70. The van der Waals surface area contributed by atoms with Crippen LogP contribution < -0.4 is 10.2 Å². The highest BCUT2D eigenvalue weighted by Gasteiger charge is 2.38. The molecule has 4 amide bonds. The van der Waals surface area contributed by atoms with Crippen LogP contribution in [0.4, 0.5) is 47.3 Å². The first-order chi connectivity index (χ1) is 30.5. The average molecular weight is 1020 g/mol. The topological polar surface area (TPSA) is 177 Å². The summed E-state index contributed by atoms with van der Waals surface area (Å²) < 4.78 is 134. The van der Waals surface area contributed by atoms with Gasteiger partial charge in [-0.1, -0.05) is 64.5 Å². The molecule has 4 aromatic carbocycles. The molecule has 2 fully saturated rings. The highest BCUT2D eigenvalue weighted by atomic mass is 79.9. The van der Waals surface area contributed by atoms with Crippen LogP contribution in [0.3, 0.4) is 0 Å². The lowest BCUT2D eigenvalue weighted by Crippen LogP contribution is -2.50. The molecule has 0 saturated carbocycles. The molecule has 65 heavy (non-hydrogen) atoms. The van der Waals surface area contributed by atoms with Crippen LogP contribution in [0.5, 0.6) is 0 Å². The van der Waals surface area contributed by atoms with E-state index in [0.29, 0.717) is 11.1 Å². The second kappa shape index (κ2) is 22.5. The number of esters is 2. The smallest absolute Gasteiger partial charge is 0.418 e. The number of alkyl halides is 7. The summed E-state index contributed by atoms with van der Waals surface area (Å²) in [6, 6.07) is 21.1. The number of para-hydroxylation sites is 2. The summed E-state index contributed by atoms with van der Waals surface area (Å²) >= 11 is 3.32. The Bertz CT molecular complexity index is 2500. The van der Waals surface area contributed by atoms with E-state index < -0.39 is 61.2 Å². The summed E-state index contributed by atoms with van der Waals surface area (Å²) in [4.78, 5) is 51.1. The largest absolute Gasteiger partial charge is 0.465 e. The normalized spacial score (nSPS) is 15.5. The van der Waals surface area contributed by atoms with Gasteiger partial charge in [-0.25, -0.2) is 36.0 Å². The van der Waals surface area contributed by atoms with Crippen molar-refractivity contribution in [2.24, 2.45) is 0 Å². The number of rotatable bonds is 7. The van der Waals surface area contributed by atoms with Crippen LogP contribution in [0.1, 0.15) is 43.0 Å². The number of carbonyl (C=O) groups is 4. The van der Waals surface area contributed by atoms with E-state index in [4.69, 9.17) is 0 Å². The number of benzene rings is 4. The first-order valence-electron chi connectivity index (χ1n) is 19.2. The van der Waals surface area contributed by atoms with Crippen molar-refractivity contribution in [3.8, 4) is 0 Å². The molecule has 2 saturated heterocycles. The minimum Gasteiger partial charge on any atom is -0.465 e. The predicted octanol–water partition coefficient (Wildman–Crippen LogP) is 7.68. The summed E-state index contributed by atoms with van der Waals surface area (Å²) in [5.41, 5.74) is -0.144. The molecule has 2 aliphatic heterocycles. The molecule has 0 aromatic heterocycles. The van der Waals surface area contributed by atoms with Crippen molar-refractivity contribution in [1.29, 1.82) is 0 Å². The van der Waals surface area contributed by atoms with E-state index in [2.05, 4.69) is 30.7 Å². The second-order valence-corrected chi connectivity index (χ2v) is 19.3. The van der Waals surface area contributed by atoms with E-state index in [9.17, 15) is 62.4 Å². The zero-order valence-corrected chi connectivity index (χ0v) is 37.9. The first-order valence-corrected chi connectivity index (χ1v) is 24.0. The number of ether oxygens (including phenoxy) is 2. The van der Waals surface area contributed by atoms with Crippen molar-refractivity contribution in [3.05, 3.63) is 130 Å². The summed E-state index contributed by atoms with van der Waals surface area (Å²) in [6.07, 6.45) is -9.27. The third-order valence-corrected chi connectivity index (χ3v) is 13.6. The lowest BCUT2D eigenvalue weighted by atomic mass is 10.1. The number of carbonyl (C=O) groups excluding carboxylic acids is 4. The maximum Gasteiger partial charge on any atom is 0.418 e. The predicted molar refractivity (Wildman–Crippen MR) is 232 cm³/mol. The highest BCUT2D eigenvalue weighted by Crippen LogP contribution is 2.38. The zero-order valence-electron chi connectivity index (χ0n) is 34.7. The molecule has 0 spiro atoms. The summed E-state index contributed by atoms with van der Waals surface area (Å²) in [7, 11) is -3.84. The molecule has 0 unspecified atom stereocenters. The van der Waals surface area contributed by atoms with Crippen molar-refractivity contribution in [3.63, 3.8) is 0 Å². The Kier molecular flexibility index (Phi) is 18.0. The summed E-state index contributed by atoms with van der Waals surface area (Å²) in [5, 5.41) is 2.99. The van der Waals surface area contributed by atoms with E-state index in [1.54, 1.807) is 12.1 Å². The van der Waals surface area contributed by atoms with Crippen LogP contribution in [0, 0.1) is 0 Å². The monoisotopic (exact) mass is 1020 g/mol. The Hall–Kier alpha value is -5.68. The standard InChI is InChI=1S/C21H21F3N2O5S.C12H13F3N2O3S.C9H9BrO2/c1-31-19(27)16-8-6-15(7-9-16)14-26(18-5-3-2-4-17(18)21(22,23)24)20(28)25-10-12-32(29,30)13-11-25;13-12(14,15)9-3-1-2-4-10(9)16-11(18)17-5-7-21(19,20)8-6-17;1-12-9(11)8-4-2-7(6-10)3-5-8/h2-9H,10-14H2,1H3;1-4H,5-8H2,(H,16,18);2-5H,6H2,1H3. The van der Waals surface area contributed by atoms with Crippen LogP contribution in [0.25, 0.3) is 0 Å². The van der Waals surface area contributed by atoms with Gasteiger partial charge in [0.2, 0.25) is 0 Å². The summed E-state index contributed by atoms with van der Waals surface area (Å²) in [5.74, 6) is -1.72. The third-order valence-electron chi connectivity index (χ3n) is 9.70. The molecule has 6 rings (SSSR count). The van der Waals surface area contributed by atoms with Crippen LogP contribution in [0.15, 0.2) is 97.1 Å². The number of hydrogen-bond acceptors (Lipinski definition) is 10. The van der Waals surface area contributed by atoms with Crippen molar-refractivity contribution in [2.75, 3.05) is 73.6 Å². The van der Waals surface area contributed by atoms with Gasteiger partial charge in [-0.3, -0.25) is 4.90 Å². The van der Waals surface area contributed by atoms with Gasteiger partial charge in [0.1, 0.15) is 0 Å². The molecule has 352 valence electrons. The number of nitrogens with zero attached hydrogens (tertiary/aromatic N) is 3. The number of anilines is 2. The van der Waals surface area contributed by atoms with E-state index in [1.807, 2.05) is 12.1 Å². The average Bonchev–Trinajstić information content (AvgIpc) is 3.27. The van der Waals surface area contributed by atoms with E-state index in [1.165, 1.54) is 78.6 Å². The molecule has 4 aromatic rings. The Balaban J connectivity index is 0.000000239. The molecule has 2 aliphatic rings. The lowest BCUT2D eigenvalue weighted by molar-refractivity contribution is -0.137. The van der Waals surface area contributed by atoms with Gasteiger partial charge in [-0.2, -0.15) is 26.3 Å². The molecule has 23 heteroatoms. The number of sulfone groups is 2. The quantitative estimate of drug-likeness (QED) is 0.110.